The van der Waals surface area contributed by atoms with Crippen LogP contribution >= 0.6 is 0 Å². The van der Waals surface area contributed by atoms with Gasteiger partial charge in [0.15, 0.2) is 0 Å². The molecule has 1 saturated carbocycles. The van der Waals surface area contributed by atoms with Gasteiger partial charge in [-0.3, -0.25) is 0 Å². The van der Waals surface area contributed by atoms with E-state index in [2.05, 4.69) is 0 Å². The minimum Gasteiger partial charge on any atom is -0.239 e. The number of aryl methyl sites for hydroxylation is 1. The fourth-order valence-corrected chi connectivity index (χ4v) is 1.27. The predicted octanol–water partition coefficient (Wildman–Crippen LogP) is 3.09. The molecule has 1 fully saturated rings. The Balaban J connectivity index is 2.41. The van der Waals surface area contributed by atoms with Crippen molar-refractivity contribution in [2.24, 2.45) is 0 Å². The summed E-state index contributed by atoms with van der Waals surface area (Å²) in [7, 11) is 0. The number of hydrogen-bond acceptors (Lipinski definition) is 0. The summed E-state index contributed by atoms with van der Waals surface area (Å²) < 4.78 is 26.3. The van der Waals surface area contributed by atoms with Crippen molar-refractivity contribution in [3.63, 3.8) is 0 Å². The van der Waals surface area contributed by atoms with E-state index in [-0.39, 0.29) is 5.82 Å². The minimum absolute atomic E-state index is 0.309. The number of rotatable bonds is 1. The van der Waals surface area contributed by atoms with Gasteiger partial charge in [-0.15, -0.1) is 0 Å². The molecule has 0 N–H and O–H groups in total. The fraction of sp³-hybridized carbons (Fsp3) is 0.400. The number of halogens is 2. The highest BCUT2D eigenvalue weighted by molar-refractivity contribution is 5.31. The average molecular weight is 168 g/mol. The lowest BCUT2D eigenvalue weighted by atomic mass is 10.1. The molecular weight excluding hydrogens is 158 g/mol. The van der Waals surface area contributed by atoms with Crippen LogP contribution < -0.4 is 0 Å². The Bertz CT molecular complexity index is 314. The highest BCUT2D eigenvalue weighted by atomic mass is 19.1. The van der Waals surface area contributed by atoms with Crippen LogP contribution in [0, 0.1) is 12.7 Å². The SMILES string of the molecule is Cc1ccc(C2(F)CC2)cc1F. The fourth-order valence-electron chi connectivity index (χ4n) is 1.27. The molecule has 0 spiro atoms. The Hall–Kier alpha value is -0.920. The van der Waals surface area contributed by atoms with Gasteiger partial charge in [-0.1, -0.05) is 12.1 Å². The van der Waals surface area contributed by atoms with Crippen LogP contribution in [0.15, 0.2) is 18.2 Å². The minimum atomic E-state index is -1.21. The third-order valence-electron chi connectivity index (χ3n) is 2.38. The van der Waals surface area contributed by atoms with E-state index in [4.69, 9.17) is 0 Å². The summed E-state index contributed by atoms with van der Waals surface area (Å²) in [6.07, 6.45) is 1.07. The molecule has 12 heavy (non-hydrogen) atoms. The normalized spacial score (nSPS) is 19.2. The topological polar surface area (TPSA) is 0 Å². The van der Waals surface area contributed by atoms with Crippen molar-refractivity contribution in [2.75, 3.05) is 0 Å². The van der Waals surface area contributed by atoms with Crippen molar-refractivity contribution in [2.45, 2.75) is 25.4 Å². The quantitative estimate of drug-likeness (QED) is 0.604. The first-order chi connectivity index (χ1) is 5.62. The zero-order chi connectivity index (χ0) is 8.77. The summed E-state index contributed by atoms with van der Waals surface area (Å²) >= 11 is 0. The lowest BCUT2D eigenvalue weighted by molar-refractivity contribution is 0.316. The first-order valence-corrected chi connectivity index (χ1v) is 4.07. The zero-order valence-corrected chi connectivity index (χ0v) is 6.90. The van der Waals surface area contributed by atoms with Crippen LogP contribution in [0.3, 0.4) is 0 Å². The number of benzene rings is 1. The molecule has 0 heterocycles. The van der Waals surface area contributed by atoms with Crippen LogP contribution in [0.4, 0.5) is 8.78 Å². The summed E-state index contributed by atoms with van der Waals surface area (Å²) in [5.41, 5.74) is -0.150. The highest BCUT2D eigenvalue weighted by Crippen LogP contribution is 2.49. The largest absolute Gasteiger partial charge is 0.239 e. The Morgan fingerprint density at radius 3 is 2.50 bits per heavy atom. The van der Waals surface area contributed by atoms with E-state index in [0.717, 1.165) is 0 Å². The molecule has 0 unspecified atom stereocenters. The number of alkyl halides is 1. The second-order valence-corrected chi connectivity index (χ2v) is 3.43. The van der Waals surface area contributed by atoms with Gasteiger partial charge in [0.05, 0.1) is 0 Å². The van der Waals surface area contributed by atoms with Crippen LogP contribution in [0.25, 0.3) is 0 Å². The van der Waals surface area contributed by atoms with Gasteiger partial charge in [0.25, 0.3) is 0 Å². The van der Waals surface area contributed by atoms with Crippen LogP contribution in [0.2, 0.25) is 0 Å². The van der Waals surface area contributed by atoms with Gasteiger partial charge in [0.1, 0.15) is 11.5 Å². The van der Waals surface area contributed by atoms with Gasteiger partial charge < -0.3 is 0 Å². The van der Waals surface area contributed by atoms with Gasteiger partial charge in [-0.25, -0.2) is 8.78 Å². The maximum Gasteiger partial charge on any atom is 0.136 e. The summed E-state index contributed by atoms with van der Waals surface area (Å²) in [5, 5.41) is 0. The summed E-state index contributed by atoms with van der Waals surface area (Å²) in [6.45, 7) is 1.68. The van der Waals surface area contributed by atoms with E-state index in [1.807, 2.05) is 0 Å². The molecule has 0 radical (unpaired) electrons. The molecule has 1 aliphatic carbocycles. The second kappa shape index (κ2) is 2.28. The lowest BCUT2D eigenvalue weighted by Gasteiger charge is -2.05. The van der Waals surface area contributed by atoms with E-state index in [1.165, 1.54) is 6.07 Å². The molecule has 2 heteroatoms. The van der Waals surface area contributed by atoms with E-state index < -0.39 is 5.67 Å². The summed E-state index contributed by atoms with van der Waals surface area (Å²) in [4.78, 5) is 0. The van der Waals surface area contributed by atoms with Crippen LogP contribution in [-0.2, 0) is 5.67 Å². The van der Waals surface area contributed by atoms with Crippen molar-refractivity contribution in [1.82, 2.24) is 0 Å². The standard InChI is InChI=1S/C10H10F2/c1-7-2-3-8(6-9(7)11)10(12)4-5-10/h2-3,6H,4-5H2,1H3. The Morgan fingerprint density at radius 1 is 1.33 bits per heavy atom. The molecule has 0 amide bonds. The third kappa shape index (κ3) is 1.11. The average Bonchev–Trinajstić information content (AvgIpc) is 2.75. The summed E-state index contributed by atoms with van der Waals surface area (Å²) in [6, 6.07) is 4.61. The van der Waals surface area contributed by atoms with Gasteiger partial charge >= 0.3 is 0 Å². The lowest BCUT2D eigenvalue weighted by Crippen LogP contribution is -1.98. The molecule has 0 atom stereocenters. The van der Waals surface area contributed by atoms with Crippen molar-refractivity contribution in [3.05, 3.63) is 35.1 Å². The van der Waals surface area contributed by atoms with Gasteiger partial charge in [-0.2, -0.15) is 0 Å². The Labute approximate surface area is 70.2 Å². The maximum absolute atomic E-state index is 13.4. The van der Waals surface area contributed by atoms with E-state index in [0.29, 0.717) is 24.0 Å². The van der Waals surface area contributed by atoms with Crippen molar-refractivity contribution >= 4 is 0 Å². The molecule has 1 aromatic carbocycles. The van der Waals surface area contributed by atoms with Crippen molar-refractivity contribution < 1.29 is 8.78 Å². The molecule has 0 aromatic heterocycles. The van der Waals surface area contributed by atoms with Gasteiger partial charge in [0.2, 0.25) is 0 Å². The highest BCUT2D eigenvalue weighted by Gasteiger charge is 2.45. The smallest absolute Gasteiger partial charge is 0.136 e. The van der Waals surface area contributed by atoms with Gasteiger partial charge in [0, 0.05) is 0 Å². The first-order valence-electron chi connectivity index (χ1n) is 4.07. The van der Waals surface area contributed by atoms with E-state index >= 15 is 0 Å². The maximum atomic E-state index is 13.4. The molecule has 0 saturated heterocycles. The zero-order valence-electron chi connectivity index (χ0n) is 6.90. The Morgan fingerprint density at radius 2 is 2.00 bits per heavy atom. The molecule has 1 aliphatic rings. The second-order valence-electron chi connectivity index (χ2n) is 3.43. The van der Waals surface area contributed by atoms with E-state index in [1.54, 1.807) is 19.1 Å². The molecule has 64 valence electrons. The monoisotopic (exact) mass is 168 g/mol. The van der Waals surface area contributed by atoms with Gasteiger partial charge in [-0.05, 0) is 37.0 Å². The predicted molar refractivity (Wildman–Crippen MR) is 43.2 cm³/mol. The van der Waals surface area contributed by atoms with Crippen LogP contribution in [0.5, 0.6) is 0 Å². The Kier molecular flexibility index (Phi) is 1.47. The molecule has 0 aliphatic heterocycles. The third-order valence-corrected chi connectivity index (χ3v) is 2.38. The van der Waals surface area contributed by atoms with Crippen molar-refractivity contribution in [3.8, 4) is 0 Å². The molecule has 0 nitrogen and oxygen atoms in total. The molecule has 1 aromatic rings. The number of hydrogen-bond donors (Lipinski definition) is 0. The van der Waals surface area contributed by atoms with Crippen molar-refractivity contribution in [1.29, 1.82) is 0 Å². The van der Waals surface area contributed by atoms with E-state index in [9.17, 15) is 8.78 Å². The summed E-state index contributed by atoms with van der Waals surface area (Å²) in [5.74, 6) is -0.309. The molecule has 2 rings (SSSR count). The molecule has 0 bridgehead atoms. The molecular formula is C10H10F2. The van der Waals surface area contributed by atoms with Crippen LogP contribution in [-0.4, -0.2) is 0 Å². The van der Waals surface area contributed by atoms with Crippen LogP contribution in [0.1, 0.15) is 24.0 Å². The first kappa shape index (κ1) is 7.71.